The molecule has 1 aromatic heterocycles. The number of piperidine rings is 1. The Hall–Kier alpha value is -1.58. The number of hydrogen-bond donors (Lipinski definition) is 1. The second kappa shape index (κ2) is 6.73. The van der Waals surface area contributed by atoms with Crippen LogP contribution in [0.5, 0.6) is 0 Å². The van der Waals surface area contributed by atoms with Crippen LogP contribution >= 0.6 is 0 Å². The maximum Gasteiger partial charge on any atom is 0.255 e. The van der Waals surface area contributed by atoms with E-state index < -0.39 is 0 Å². The SMILES string of the molecule is CCCNc1ccc(C(=O)N2[C@H](C)CCC[C@@H]2C)cn1. The zero-order chi connectivity index (χ0) is 14.5. The number of amides is 1. The van der Waals surface area contributed by atoms with Gasteiger partial charge < -0.3 is 10.2 Å². The van der Waals surface area contributed by atoms with E-state index in [0.29, 0.717) is 17.6 Å². The van der Waals surface area contributed by atoms with Crippen LogP contribution in [0, 0.1) is 0 Å². The van der Waals surface area contributed by atoms with Gasteiger partial charge in [0.2, 0.25) is 0 Å². The molecule has 0 aliphatic carbocycles. The van der Waals surface area contributed by atoms with Crippen molar-refractivity contribution in [3.05, 3.63) is 23.9 Å². The first kappa shape index (κ1) is 14.8. The maximum absolute atomic E-state index is 12.6. The molecule has 20 heavy (non-hydrogen) atoms. The van der Waals surface area contributed by atoms with Crippen molar-refractivity contribution in [1.29, 1.82) is 0 Å². The van der Waals surface area contributed by atoms with Gasteiger partial charge in [-0.15, -0.1) is 0 Å². The summed E-state index contributed by atoms with van der Waals surface area (Å²) in [4.78, 5) is 18.9. The lowest BCUT2D eigenvalue weighted by Gasteiger charge is -2.39. The first-order chi connectivity index (χ1) is 9.63. The highest BCUT2D eigenvalue weighted by Gasteiger charge is 2.29. The minimum Gasteiger partial charge on any atom is -0.370 e. The number of carbonyl (C=O) groups is 1. The molecule has 2 atom stereocenters. The molecule has 1 N–H and O–H groups in total. The third kappa shape index (κ3) is 3.30. The highest BCUT2D eigenvalue weighted by molar-refractivity contribution is 5.94. The van der Waals surface area contributed by atoms with Crippen LogP contribution in [-0.4, -0.2) is 34.4 Å². The minimum absolute atomic E-state index is 0.110. The fourth-order valence-corrected chi connectivity index (χ4v) is 2.85. The number of nitrogens with zero attached hydrogens (tertiary/aromatic N) is 2. The van der Waals surface area contributed by atoms with E-state index in [2.05, 4.69) is 31.1 Å². The van der Waals surface area contributed by atoms with Crippen molar-refractivity contribution in [2.75, 3.05) is 11.9 Å². The van der Waals surface area contributed by atoms with Gasteiger partial charge in [-0.25, -0.2) is 4.98 Å². The smallest absolute Gasteiger partial charge is 0.255 e. The Morgan fingerprint density at radius 3 is 2.60 bits per heavy atom. The normalized spacial score (nSPS) is 22.6. The van der Waals surface area contributed by atoms with Crippen LogP contribution in [0.25, 0.3) is 0 Å². The lowest BCUT2D eigenvalue weighted by Crippen LogP contribution is -2.47. The Morgan fingerprint density at radius 1 is 1.35 bits per heavy atom. The molecular formula is C16H25N3O. The molecule has 0 bridgehead atoms. The molecule has 1 aliphatic rings. The molecule has 1 saturated heterocycles. The van der Waals surface area contributed by atoms with Crippen molar-refractivity contribution in [2.45, 2.75) is 58.5 Å². The number of likely N-dealkylation sites (tertiary alicyclic amines) is 1. The van der Waals surface area contributed by atoms with Crippen LogP contribution in [0.1, 0.15) is 56.8 Å². The summed E-state index contributed by atoms with van der Waals surface area (Å²) in [5, 5.41) is 3.22. The van der Waals surface area contributed by atoms with Gasteiger partial charge in [-0.2, -0.15) is 0 Å². The zero-order valence-electron chi connectivity index (χ0n) is 12.7. The summed E-state index contributed by atoms with van der Waals surface area (Å²) in [6.45, 7) is 7.29. The van der Waals surface area contributed by atoms with Gasteiger partial charge >= 0.3 is 0 Å². The van der Waals surface area contributed by atoms with Crippen molar-refractivity contribution in [1.82, 2.24) is 9.88 Å². The number of aromatic nitrogens is 1. The van der Waals surface area contributed by atoms with E-state index in [9.17, 15) is 4.79 Å². The summed E-state index contributed by atoms with van der Waals surface area (Å²) < 4.78 is 0. The van der Waals surface area contributed by atoms with Crippen LogP contribution < -0.4 is 5.32 Å². The van der Waals surface area contributed by atoms with Gasteiger partial charge in [0.05, 0.1) is 5.56 Å². The van der Waals surface area contributed by atoms with Gasteiger partial charge in [0.15, 0.2) is 0 Å². The Balaban J connectivity index is 2.08. The molecule has 0 spiro atoms. The molecular weight excluding hydrogens is 250 g/mol. The fraction of sp³-hybridized carbons (Fsp3) is 0.625. The van der Waals surface area contributed by atoms with E-state index in [1.54, 1.807) is 6.20 Å². The number of hydrogen-bond acceptors (Lipinski definition) is 3. The number of carbonyl (C=O) groups excluding carboxylic acids is 1. The third-order valence-corrected chi connectivity index (χ3v) is 3.99. The van der Waals surface area contributed by atoms with Crippen LogP contribution in [-0.2, 0) is 0 Å². The standard InChI is InChI=1S/C16H25N3O/c1-4-10-17-15-9-8-14(11-18-15)16(20)19-12(2)6-5-7-13(19)3/h8-9,11-13H,4-7,10H2,1-3H3,(H,17,18)/t12-,13+. The fourth-order valence-electron chi connectivity index (χ4n) is 2.85. The number of anilines is 1. The predicted molar refractivity (Wildman–Crippen MR) is 82.0 cm³/mol. The molecule has 1 fully saturated rings. The van der Waals surface area contributed by atoms with E-state index in [4.69, 9.17) is 0 Å². The van der Waals surface area contributed by atoms with E-state index in [1.807, 2.05) is 17.0 Å². The lowest BCUT2D eigenvalue weighted by atomic mass is 9.96. The Labute approximate surface area is 121 Å². The van der Waals surface area contributed by atoms with Crippen molar-refractivity contribution in [2.24, 2.45) is 0 Å². The Morgan fingerprint density at radius 2 is 2.05 bits per heavy atom. The summed E-state index contributed by atoms with van der Waals surface area (Å²) in [7, 11) is 0. The molecule has 2 rings (SSSR count). The largest absolute Gasteiger partial charge is 0.370 e. The highest BCUT2D eigenvalue weighted by atomic mass is 16.2. The first-order valence-electron chi connectivity index (χ1n) is 7.66. The summed E-state index contributed by atoms with van der Waals surface area (Å²) >= 11 is 0. The first-order valence-corrected chi connectivity index (χ1v) is 7.66. The Bertz CT molecular complexity index is 434. The lowest BCUT2D eigenvalue weighted by molar-refractivity contribution is 0.0510. The third-order valence-electron chi connectivity index (χ3n) is 3.99. The Kier molecular flexibility index (Phi) is 4.99. The van der Waals surface area contributed by atoms with Gasteiger partial charge in [-0.05, 0) is 51.7 Å². The molecule has 4 nitrogen and oxygen atoms in total. The maximum atomic E-state index is 12.6. The average molecular weight is 275 g/mol. The minimum atomic E-state index is 0.110. The van der Waals surface area contributed by atoms with E-state index in [0.717, 1.165) is 31.6 Å². The monoisotopic (exact) mass is 275 g/mol. The summed E-state index contributed by atoms with van der Waals surface area (Å²) in [6, 6.07) is 4.41. The van der Waals surface area contributed by atoms with Crippen molar-refractivity contribution in [3.63, 3.8) is 0 Å². The quantitative estimate of drug-likeness (QED) is 0.917. The molecule has 4 heteroatoms. The van der Waals surface area contributed by atoms with Gasteiger partial charge in [-0.1, -0.05) is 6.92 Å². The average Bonchev–Trinajstić information content (AvgIpc) is 2.45. The highest BCUT2D eigenvalue weighted by Crippen LogP contribution is 2.24. The molecule has 0 aromatic carbocycles. The van der Waals surface area contributed by atoms with Crippen LogP contribution in [0.15, 0.2) is 18.3 Å². The predicted octanol–water partition coefficient (Wildman–Crippen LogP) is 3.31. The van der Waals surface area contributed by atoms with Crippen LogP contribution in [0.4, 0.5) is 5.82 Å². The molecule has 0 radical (unpaired) electrons. The zero-order valence-corrected chi connectivity index (χ0v) is 12.7. The molecule has 2 heterocycles. The second-order valence-electron chi connectivity index (χ2n) is 5.70. The molecule has 110 valence electrons. The summed E-state index contributed by atoms with van der Waals surface area (Å²) in [6.07, 6.45) is 6.16. The van der Waals surface area contributed by atoms with E-state index >= 15 is 0 Å². The van der Waals surface area contributed by atoms with Gasteiger partial charge in [0, 0.05) is 24.8 Å². The van der Waals surface area contributed by atoms with E-state index in [1.165, 1.54) is 6.42 Å². The molecule has 0 saturated carbocycles. The number of rotatable bonds is 4. The van der Waals surface area contributed by atoms with Gasteiger partial charge in [0.25, 0.3) is 5.91 Å². The number of pyridine rings is 1. The van der Waals surface area contributed by atoms with Gasteiger partial charge in [0.1, 0.15) is 5.82 Å². The van der Waals surface area contributed by atoms with Crippen LogP contribution in [0.3, 0.4) is 0 Å². The summed E-state index contributed by atoms with van der Waals surface area (Å²) in [5.41, 5.74) is 0.688. The molecule has 1 aliphatic heterocycles. The van der Waals surface area contributed by atoms with Gasteiger partial charge in [-0.3, -0.25) is 4.79 Å². The number of nitrogens with one attached hydrogen (secondary N) is 1. The second-order valence-corrected chi connectivity index (χ2v) is 5.70. The van der Waals surface area contributed by atoms with Crippen molar-refractivity contribution < 1.29 is 4.79 Å². The molecule has 1 amide bonds. The van der Waals surface area contributed by atoms with Crippen molar-refractivity contribution >= 4 is 11.7 Å². The summed E-state index contributed by atoms with van der Waals surface area (Å²) in [5.74, 6) is 0.947. The van der Waals surface area contributed by atoms with E-state index in [-0.39, 0.29) is 5.91 Å². The molecule has 0 unspecified atom stereocenters. The molecule has 1 aromatic rings. The van der Waals surface area contributed by atoms with Crippen LogP contribution in [0.2, 0.25) is 0 Å². The topological polar surface area (TPSA) is 45.2 Å². The van der Waals surface area contributed by atoms with Crippen molar-refractivity contribution in [3.8, 4) is 0 Å².